The Hall–Kier alpha value is -3.32. The summed E-state index contributed by atoms with van der Waals surface area (Å²) in [5.41, 5.74) is 3.56. The van der Waals surface area contributed by atoms with Crippen LogP contribution in [0, 0.1) is 13.8 Å². The lowest BCUT2D eigenvalue weighted by atomic mass is 10.0. The molecule has 0 bridgehead atoms. The first-order valence-corrected chi connectivity index (χ1v) is 11.9. The van der Waals surface area contributed by atoms with E-state index in [9.17, 15) is 13.2 Å². The van der Waals surface area contributed by atoms with Crippen LogP contribution in [-0.2, 0) is 10.0 Å². The van der Waals surface area contributed by atoms with Gasteiger partial charge in [-0.1, -0.05) is 37.3 Å². The van der Waals surface area contributed by atoms with Crippen LogP contribution in [0.15, 0.2) is 71.6 Å². The van der Waals surface area contributed by atoms with Crippen LogP contribution in [0.3, 0.4) is 0 Å². The summed E-state index contributed by atoms with van der Waals surface area (Å²) >= 11 is 0. The number of anilines is 1. The van der Waals surface area contributed by atoms with E-state index in [4.69, 9.17) is 4.74 Å². The molecule has 0 heterocycles. The number of methoxy groups -OCH3 is 1. The van der Waals surface area contributed by atoms with Gasteiger partial charge < -0.3 is 10.1 Å². The van der Waals surface area contributed by atoms with Gasteiger partial charge in [-0.15, -0.1) is 0 Å². The summed E-state index contributed by atoms with van der Waals surface area (Å²) in [5.74, 6) is 0.588. The number of ether oxygens (including phenoxy) is 1. The molecular formula is C25H28N2O4S. The highest BCUT2D eigenvalue weighted by Crippen LogP contribution is 2.25. The number of aryl methyl sites for hydroxylation is 2. The Morgan fingerprint density at radius 2 is 1.69 bits per heavy atom. The van der Waals surface area contributed by atoms with Crippen LogP contribution < -0.4 is 14.8 Å². The van der Waals surface area contributed by atoms with Crippen LogP contribution in [0.25, 0.3) is 0 Å². The van der Waals surface area contributed by atoms with Crippen molar-refractivity contribution in [2.45, 2.75) is 38.1 Å². The second-order valence-corrected chi connectivity index (χ2v) is 9.29. The van der Waals surface area contributed by atoms with Crippen molar-refractivity contribution in [3.05, 3.63) is 89.0 Å². The van der Waals surface area contributed by atoms with E-state index in [2.05, 4.69) is 10.0 Å². The molecule has 0 saturated carbocycles. The number of carbonyl (C=O) groups excluding carboxylic acids is 1. The summed E-state index contributed by atoms with van der Waals surface area (Å²) in [4.78, 5) is 13.1. The molecule has 3 rings (SSSR count). The molecule has 0 saturated heterocycles. The zero-order valence-corrected chi connectivity index (χ0v) is 19.5. The third-order valence-corrected chi connectivity index (χ3v) is 6.70. The van der Waals surface area contributed by atoms with Gasteiger partial charge in [0.05, 0.1) is 23.7 Å². The van der Waals surface area contributed by atoms with Gasteiger partial charge in [-0.05, 0) is 73.4 Å². The smallest absolute Gasteiger partial charge is 0.261 e. The second kappa shape index (κ2) is 9.87. The lowest BCUT2D eigenvalue weighted by Crippen LogP contribution is -2.28. The summed E-state index contributed by atoms with van der Waals surface area (Å²) in [6, 6.07) is 18.8. The molecule has 0 unspecified atom stereocenters. The summed E-state index contributed by atoms with van der Waals surface area (Å²) in [5, 5.41) is 3.07. The van der Waals surface area contributed by atoms with Crippen LogP contribution in [-0.4, -0.2) is 21.4 Å². The number of hydrogen-bond donors (Lipinski definition) is 2. The Labute approximate surface area is 189 Å². The maximum atomic E-state index is 12.9. The van der Waals surface area contributed by atoms with Crippen LogP contribution >= 0.6 is 0 Å². The predicted molar refractivity (Wildman–Crippen MR) is 127 cm³/mol. The number of hydrogen-bond acceptors (Lipinski definition) is 4. The summed E-state index contributed by atoms with van der Waals surface area (Å²) in [6.45, 7) is 5.75. The highest BCUT2D eigenvalue weighted by molar-refractivity contribution is 7.92. The molecular weight excluding hydrogens is 424 g/mol. The minimum Gasteiger partial charge on any atom is -0.496 e. The minimum atomic E-state index is -3.70. The van der Waals surface area contributed by atoms with Crippen molar-refractivity contribution >= 4 is 21.6 Å². The number of amides is 1. The number of rotatable bonds is 8. The predicted octanol–water partition coefficient (Wildman–Crippen LogP) is 4.99. The van der Waals surface area contributed by atoms with Crippen LogP contribution in [0.4, 0.5) is 5.69 Å². The van der Waals surface area contributed by atoms with Gasteiger partial charge in [0.1, 0.15) is 5.75 Å². The molecule has 0 aromatic heterocycles. The molecule has 6 nitrogen and oxygen atoms in total. The lowest BCUT2D eigenvalue weighted by Gasteiger charge is -2.19. The Morgan fingerprint density at radius 3 is 2.28 bits per heavy atom. The molecule has 0 fully saturated rings. The van der Waals surface area contributed by atoms with Crippen molar-refractivity contribution in [3.63, 3.8) is 0 Å². The van der Waals surface area contributed by atoms with E-state index >= 15 is 0 Å². The molecule has 1 amide bonds. The van der Waals surface area contributed by atoms with Crippen molar-refractivity contribution in [3.8, 4) is 5.75 Å². The Bertz CT molecular complexity index is 1210. The van der Waals surface area contributed by atoms with Gasteiger partial charge >= 0.3 is 0 Å². The maximum absolute atomic E-state index is 12.9. The number of nitrogens with one attached hydrogen (secondary N) is 2. The number of carbonyl (C=O) groups is 1. The van der Waals surface area contributed by atoms with E-state index in [1.54, 1.807) is 50.4 Å². The number of sulfonamides is 1. The van der Waals surface area contributed by atoms with Crippen LogP contribution in [0.5, 0.6) is 5.75 Å². The fourth-order valence-corrected chi connectivity index (χ4v) is 4.66. The molecule has 0 aliphatic heterocycles. The average molecular weight is 453 g/mol. The van der Waals surface area contributed by atoms with E-state index in [1.807, 2.05) is 32.0 Å². The summed E-state index contributed by atoms with van der Waals surface area (Å²) in [7, 11) is -2.07. The third-order valence-electron chi connectivity index (χ3n) is 5.32. The quantitative estimate of drug-likeness (QED) is 0.504. The maximum Gasteiger partial charge on any atom is 0.261 e. The Kier molecular flexibility index (Phi) is 7.20. The standard InChI is InChI=1S/C25H28N2O4S/c1-5-22(19-12-14-24(31-4)18(3)16-19)26-25(28)20-11-13-23(17(2)15-20)27-32(29,30)21-9-7-6-8-10-21/h6-16,22,27H,5H2,1-4H3,(H,26,28)/t22-/m0/s1. The second-order valence-electron chi connectivity index (χ2n) is 7.61. The van der Waals surface area contributed by atoms with Gasteiger partial charge in [0.25, 0.3) is 15.9 Å². The minimum absolute atomic E-state index is 0.149. The molecule has 0 radical (unpaired) electrons. The normalized spacial score (nSPS) is 12.1. The molecule has 0 aliphatic rings. The Balaban J connectivity index is 1.76. The van der Waals surface area contributed by atoms with Gasteiger partial charge in [-0.3, -0.25) is 9.52 Å². The van der Waals surface area contributed by atoms with Crippen molar-refractivity contribution in [2.24, 2.45) is 0 Å². The largest absolute Gasteiger partial charge is 0.496 e. The van der Waals surface area contributed by atoms with Gasteiger partial charge in [0.2, 0.25) is 0 Å². The first-order chi connectivity index (χ1) is 15.2. The SMILES string of the molecule is CC[C@H](NC(=O)c1ccc(NS(=O)(=O)c2ccccc2)c(C)c1)c1ccc(OC)c(C)c1. The molecule has 7 heteroatoms. The van der Waals surface area contributed by atoms with E-state index in [0.29, 0.717) is 16.8 Å². The topological polar surface area (TPSA) is 84.5 Å². The van der Waals surface area contributed by atoms with Crippen LogP contribution in [0.2, 0.25) is 0 Å². The third kappa shape index (κ3) is 5.29. The highest BCUT2D eigenvalue weighted by atomic mass is 32.2. The molecule has 1 atom stereocenters. The monoisotopic (exact) mass is 452 g/mol. The highest BCUT2D eigenvalue weighted by Gasteiger charge is 2.18. The molecule has 2 N–H and O–H groups in total. The molecule has 32 heavy (non-hydrogen) atoms. The van der Waals surface area contributed by atoms with Crippen molar-refractivity contribution in [1.82, 2.24) is 5.32 Å². The molecule has 3 aromatic carbocycles. The first kappa shape index (κ1) is 23.3. The zero-order valence-electron chi connectivity index (χ0n) is 18.7. The zero-order chi connectivity index (χ0) is 23.3. The van der Waals surface area contributed by atoms with Gasteiger partial charge in [-0.25, -0.2) is 8.42 Å². The Morgan fingerprint density at radius 1 is 0.969 bits per heavy atom. The van der Waals surface area contributed by atoms with Crippen molar-refractivity contribution < 1.29 is 17.9 Å². The molecule has 0 aliphatic carbocycles. The summed E-state index contributed by atoms with van der Waals surface area (Å²) in [6.07, 6.45) is 0.728. The first-order valence-electron chi connectivity index (χ1n) is 10.4. The van der Waals surface area contributed by atoms with Crippen molar-refractivity contribution in [2.75, 3.05) is 11.8 Å². The average Bonchev–Trinajstić information content (AvgIpc) is 2.79. The van der Waals surface area contributed by atoms with E-state index in [-0.39, 0.29) is 16.8 Å². The van der Waals surface area contributed by atoms with Gasteiger partial charge in [0.15, 0.2) is 0 Å². The summed E-state index contributed by atoms with van der Waals surface area (Å²) < 4.78 is 33.1. The van der Waals surface area contributed by atoms with E-state index in [1.165, 1.54) is 12.1 Å². The molecule has 168 valence electrons. The lowest BCUT2D eigenvalue weighted by molar-refractivity contribution is 0.0935. The van der Waals surface area contributed by atoms with Crippen LogP contribution in [0.1, 0.15) is 46.4 Å². The fourth-order valence-electron chi connectivity index (χ4n) is 3.50. The van der Waals surface area contributed by atoms with Crippen molar-refractivity contribution in [1.29, 1.82) is 0 Å². The molecule has 0 spiro atoms. The van der Waals surface area contributed by atoms with E-state index < -0.39 is 10.0 Å². The van der Waals surface area contributed by atoms with E-state index in [0.717, 1.165) is 23.3 Å². The van der Waals surface area contributed by atoms with Gasteiger partial charge in [-0.2, -0.15) is 0 Å². The fraction of sp³-hybridized carbons (Fsp3) is 0.240. The number of benzene rings is 3. The molecule has 3 aromatic rings. The van der Waals surface area contributed by atoms with Gasteiger partial charge in [0, 0.05) is 5.56 Å².